The molecule has 29 heavy (non-hydrogen) atoms. The maximum absolute atomic E-state index is 13.4. The van der Waals surface area contributed by atoms with E-state index in [1.807, 2.05) is 16.8 Å². The Labute approximate surface area is 170 Å². The first-order chi connectivity index (χ1) is 14.0. The van der Waals surface area contributed by atoms with Crippen LogP contribution in [-0.4, -0.2) is 41.3 Å². The quantitative estimate of drug-likeness (QED) is 0.425. The predicted octanol–water partition coefficient (Wildman–Crippen LogP) is 3.08. The summed E-state index contributed by atoms with van der Waals surface area (Å²) in [5.74, 6) is -2.83. The van der Waals surface area contributed by atoms with Crippen LogP contribution in [0.2, 0.25) is 0 Å². The van der Waals surface area contributed by atoms with E-state index < -0.39 is 28.2 Å². The number of carbonyl (C=O) groups is 2. The number of likely N-dealkylation sites (tertiary alicyclic amines) is 1. The van der Waals surface area contributed by atoms with Gasteiger partial charge in [-0.1, -0.05) is 6.42 Å². The summed E-state index contributed by atoms with van der Waals surface area (Å²) >= 11 is 1.57. The van der Waals surface area contributed by atoms with Crippen LogP contribution in [0.25, 0.3) is 0 Å². The number of nitrogens with one attached hydrogen (secondary N) is 2. The molecule has 1 aliphatic heterocycles. The smallest absolute Gasteiger partial charge is 0.313 e. The van der Waals surface area contributed by atoms with Crippen LogP contribution in [0.15, 0.2) is 35.0 Å². The van der Waals surface area contributed by atoms with E-state index in [-0.39, 0.29) is 18.3 Å². The lowest BCUT2D eigenvalue weighted by Gasteiger charge is -2.34. The summed E-state index contributed by atoms with van der Waals surface area (Å²) in [6.45, 7) is 2.14. The monoisotopic (exact) mass is 420 g/mol. The van der Waals surface area contributed by atoms with Crippen LogP contribution in [0.5, 0.6) is 0 Å². The number of benzene rings is 1. The molecule has 0 saturated carbocycles. The van der Waals surface area contributed by atoms with Gasteiger partial charge >= 0.3 is 17.5 Å². The van der Waals surface area contributed by atoms with Crippen molar-refractivity contribution in [3.63, 3.8) is 0 Å². The largest absolute Gasteiger partial charge is 0.346 e. The van der Waals surface area contributed by atoms with E-state index in [0.717, 1.165) is 49.7 Å². The molecule has 1 aromatic heterocycles. The number of hydrogen-bond acceptors (Lipinski definition) is 6. The van der Waals surface area contributed by atoms with Gasteiger partial charge in [-0.25, -0.2) is 0 Å². The molecular formula is C19H21FN4O4S. The Balaban J connectivity index is 1.61. The lowest BCUT2D eigenvalue weighted by Crippen LogP contribution is -2.43. The third kappa shape index (κ3) is 5.36. The molecule has 1 fully saturated rings. The molecule has 0 spiro atoms. The zero-order valence-corrected chi connectivity index (χ0v) is 16.4. The van der Waals surface area contributed by atoms with Gasteiger partial charge < -0.3 is 10.6 Å². The highest BCUT2D eigenvalue weighted by atomic mass is 32.1. The average Bonchev–Trinajstić information content (AvgIpc) is 3.24. The third-order valence-corrected chi connectivity index (χ3v) is 5.52. The Morgan fingerprint density at radius 2 is 1.97 bits per heavy atom. The topological polar surface area (TPSA) is 105 Å². The Kier molecular flexibility index (Phi) is 6.89. The summed E-state index contributed by atoms with van der Waals surface area (Å²) in [7, 11) is 0. The van der Waals surface area contributed by atoms with Crippen molar-refractivity contribution < 1.29 is 18.9 Å². The first kappa shape index (κ1) is 20.9. The summed E-state index contributed by atoms with van der Waals surface area (Å²) in [5, 5.41) is 19.7. The highest BCUT2D eigenvalue weighted by Gasteiger charge is 2.25. The minimum absolute atomic E-state index is 0.0230. The zero-order valence-electron chi connectivity index (χ0n) is 15.6. The number of carbonyl (C=O) groups excluding carboxylic acids is 2. The molecule has 8 nitrogen and oxygen atoms in total. The minimum atomic E-state index is -1.02. The second kappa shape index (κ2) is 9.57. The van der Waals surface area contributed by atoms with Crippen molar-refractivity contribution in [3.05, 3.63) is 56.5 Å². The second-order valence-electron chi connectivity index (χ2n) is 6.76. The molecule has 0 radical (unpaired) electrons. The summed E-state index contributed by atoms with van der Waals surface area (Å²) in [6, 6.07) is 4.89. The summed E-state index contributed by atoms with van der Waals surface area (Å²) < 4.78 is 13.4. The van der Waals surface area contributed by atoms with E-state index in [9.17, 15) is 24.1 Å². The van der Waals surface area contributed by atoms with Crippen LogP contribution >= 0.6 is 11.3 Å². The molecule has 2 aromatic rings. The second-order valence-corrected chi connectivity index (χ2v) is 7.54. The lowest BCUT2D eigenvalue weighted by molar-refractivity contribution is -0.387. The molecule has 3 rings (SSSR count). The molecule has 0 aliphatic carbocycles. The molecule has 2 N–H and O–H groups in total. The van der Waals surface area contributed by atoms with Gasteiger partial charge in [-0.2, -0.15) is 15.7 Å². The van der Waals surface area contributed by atoms with Crippen molar-refractivity contribution >= 4 is 34.5 Å². The summed E-state index contributed by atoms with van der Waals surface area (Å²) in [6.07, 6.45) is 3.38. The molecule has 1 aromatic carbocycles. The van der Waals surface area contributed by atoms with E-state index in [0.29, 0.717) is 0 Å². The fourth-order valence-electron chi connectivity index (χ4n) is 3.34. The number of nitro benzene ring substituents is 1. The molecule has 1 saturated heterocycles. The molecule has 1 aliphatic rings. The van der Waals surface area contributed by atoms with Crippen LogP contribution in [0.1, 0.15) is 30.9 Å². The lowest BCUT2D eigenvalue weighted by atomic mass is 10.0. The van der Waals surface area contributed by atoms with Crippen molar-refractivity contribution in [2.24, 2.45) is 0 Å². The number of nitrogens with zero attached hydrogens (tertiary/aromatic N) is 2. The normalized spacial score (nSPS) is 15.5. The summed E-state index contributed by atoms with van der Waals surface area (Å²) in [4.78, 5) is 36.6. The molecule has 1 unspecified atom stereocenters. The highest BCUT2D eigenvalue weighted by Crippen LogP contribution is 2.26. The van der Waals surface area contributed by atoms with Gasteiger partial charge in [0.15, 0.2) is 0 Å². The highest BCUT2D eigenvalue weighted by molar-refractivity contribution is 7.08. The molecule has 2 heterocycles. The van der Waals surface area contributed by atoms with Gasteiger partial charge in [0.05, 0.1) is 11.0 Å². The number of nitro groups is 1. The number of hydrogen-bond donors (Lipinski definition) is 2. The molecule has 0 bridgehead atoms. The third-order valence-electron chi connectivity index (χ3n) is 4.82. The van der Waals surface area contributed by atoms with Crippen LogP contribution in [-0.2, 0) is 9.59 Å². The predicted molar refractivity (Wildman–Crippen MR) is 107 cm³/mol. The van der Waals surface area contributed by atoms with Gasteiger partial charge in [-0.05, 0) is 60.5 Å². The van der Waals surface area contributed by atoms with Crippen molar-refractivity contribution in [1.82, 2.24) is 10.2 Å². The van der Waals surface area contributed by atoms with E-state index in [1.54, 1.807) is 11.3 Å². The number of thiophene rings is 1. The Hall–Kier alpha value is -2.85. The first-order valence-corrected chi connectivity index (χ1v) is 10.2. The van der Waals surface area contributed by atoms with Crippen molar-refractivity contribution in [1.29, 1.82) is 0 Å². The number of piperidine rings is 1. The van der Waals surface area contributed by atoms with E-state index in [4.69, 9.17) is 0 Å². The van der Waals surface area contributed by atoms with Gasteiger partial charge in [0, 0.05) is 18.3 Å². The van der Waals surface area contributed by atoms with Crippen LogP contribution in [0, 0.1) is 15.9 Å². The number of anilines is 1. The maximum atomic E-state index is 13.4. The molecule has 154 valence electrons. The standard InChI is InChI=1S/C19H21FN4O4S/c20-15-5-4-14(10-16(15)24(27)28)22-19(26)18(25)21-11-17(13-6-9-29-12-13)23-7-2-1-3-8-23/h4-6,9-10,12,17H,1-3,7-8,11H2,(H,21,25)(H,22,26). The van der Waals surface area contributed by atoms with E-state index in [2.05, 4.69) is 15.5 Å². The molecule has 1 atom stereocenters. The fraction of sp³-hybridized carbons (Fsp3) is 0.368. The maximum Gasteiger partial charge on any atom is 0.313 e. The minimum Gasteiger partial charge on any atom is -0.346 e. The molecular weight excluding hydrogens is 399 g/mol. The Bertz CT molecular complexity index is 884. The van der Waals surface area contributed by atoms with Crippen molar-refractivity contribution in [3.8, 4) is 0 Å². The first-order valence-electron chi connectivity index (χ1n) is 9.25. The zero-order chi connectivity index (χ0) is 20.8. The van der Waals surface area contributed by atoms with Crippen molar-refractivity contribution in [2.75, 3.05) is 25.0 Å². The van der Waals surface area contributed by atoms with Gasteiger partial charge in [0.25, 0.3) is 0 Å². The SMILES string of the molecule is O=C(NCC(c1ccsc1)N1CCCCC1)C(=O)Nc1ccc(F)c([N+](=O)[O-])c1. The van der Waals surface area contributed by atoms with E-state index in [1.165, 1.54) is 6.42 Å². The number of halogens is 1. The Morgan fingerprint density at radius 1 is 1.21 bits per heavy atom. The van der Waals surface area contributed by atoms with Crippen LogP contribution in [0.3, 0.4) is 0 Å². The van der Waals surface area contributed by atoms with Crippen LogP contribution < -0.4 is 10.6 Å². The summed E-state index contributed by atoms with van der Waals surface area (Å²) in [5.41, 5.74) is 0.293. The molecule has 2 amide bonds. The molecule has 10 heteroatoms. The number of amides is 2. The number of rotatable bonds is 6. The van der Waals surface area contributed by atoms with Crippen LogP contribution in [0.4, 0.5) is 15.8 Å². The Morgan fingerprint density at radius 3 is 2.62 bits per heavy atom. The van der Waals surface area contributed by atoms with Gasteiger partial charge in [0.2, 0.25) is 5.82 Å². The van der Waals surface area contributed by atoms with Gasteiger partial charge in [0.1, 0.15) is 0 Å². The van der Waals surface area contributed by atoms with Gasteiger partial charge in [-0.3, -0.25) is 24.6 Å². The fourth-order valence-corrected chi connectivity index (χ4v) is 4.05. The average molecular weight is 420 g/mol. The van der Waals surface area contributed by atoms with Crippen molar-refractivity contribution in [2.45, 2.75) is 25.3 Å². The van der Waals surface area contributed by atoms with E-state index >= 15 is 0 Å². The van der Waals surface area contributed by atoms with Gasteiger partial charge in [-0.15, -0.1) is 0 Å².